The zero-order valence-corrected chi connectivity index (χ0v) is 14.1. The van der Waals surface area contributed by atoms with Gasteiger partial charge in [-0.3, -0.25) is 9.79 Å². The zero-order chi connectivity index (χ0) is 17.7. The number of hydrogen-bond acceptors (Lipinski definition) is 2. The van der Waals surface area contributed by atoms with Crippen LogP contribution in [0.4, 0.5) is 8.78 Å². The average molecular weight is 332 g/mol. The molecule has 0 saturated carbocycles. The molecule has 1 amide bonds. The van der Waals surface area contributed by atoms with E-state index in [9.17, 15) is 13.6 Å². The van der Waals surface area contributed by atoms with Gasteiger partial charge < -0.3 is 5.73 Å². The lowest BCUT2D eigenvalue weighted by Gasteiger charge is -2.37. The van der Waals surface area contributed by atoms with Gasteiger partial charge in [0.05, 0.1) is 0 Å². The number of allylic oxidation sites excluding steroid dienone is 1. The summed E-state index contributed by atoms with van der Waals surface area (Å²) in [6.07, 6.45) is 2.47. The Balaban J connectivity index is 2.30. The zero-order valence-electron chi connectivity index (χ0n) is 14.1. The first kappa shape index (κ1) is 16.8. The smallest absolute Gasteiger partial charge is 0.262 e. The second-order valence-corrected chi connectivity index (χ2v) is 7.43. The molecule has 2 aliphatic rings. The number of nitrogens with two attached hydrogens (primary N) is 1. The van der Waals surface area contributed by atoms with Crippen molar-refractivity contribution in [3.05, 3.63) is 47.0 Å². The van der Waals surface area contributed by atoms with E-state index in [0.29, 0.717) is 5.56 Å². The van der Waals surface area contributed by atoms with E-state index in [-0.39, 0.29) is 11.3 Å². The van der Waals surface area contributed by atoms with Crippen LogP contribution in [0.25, 0.3) is 0 Å². The third kappa shape index (κ3) is 2.21. The fraction of sp³-hybridized carbons (Fsp3) is 0.474. The van der Waals surface area contributed by atoms with E-state index in [2.05, 4.69) is 25.8 Å². The van der Waals surface area contributed by atoms with Crippen LogP contribution in [0.15, 0.2) is 35.3 Å². The van der Waals surface area contributed by atoms with Crippen molar-refractivity contribution in [1.29, 1.82) is 0 Å². The topological polar surface area (TPSA) is 55.5 Å². The number of primary amides is 1. The number of hydrogen-bond donors (Lipinski definition) is 1. The Bertz CT molecular complexity index is 739. The van der Waals surface area contributed by atoms with Crippen molar-refractivity contribution < 1.29 is 13.6 Å². The van der Waals surface area contributed by atoms with Crippen LogP contribution in [0, 0.1) is 0 Å². The fourth-order valence-corrected chi connectivity index (χ4v) is 4.45. The van der Waals surface area contributed by atoms with Crippen LogP contribution in [-0.2, 0) is 15.6 Å². The van der Waals surface area contributed by atoms with Gasteiger partial charge in [0.15, 0.2) is 0 Å². The van der Waals surface area contributed by atoms with Gasteiger partial charge in [-0.15, -0.1) is 0 Å². The van der Waals surface area contributed by atoms with Crippen molar-refractivity contribution in [2.24, 2.45) is 10.7 Å². The number of carbonyl (C=O) groups is 1. The van der Waals surface area contributed by atoms with Gasteiger partial charge >= 0.3 is 0 Å². The van der Waals surface area contributed by atoms with Crippen LogP contribution in [0.1, 0.15) is 49.8 Å². The molecule has 1 aliphatic carbocycles. The van der Waals surface area contributed by atoms with Crippen LogP contribution in [0.3, 0.4) is 0 Å². The monoisotopic (exact) mass is 332 g/mol. The van der Waals surface area contributed by atoms with E-state index in [4.69, 9.17) is 5.73 Å². The van der Waals surface area contributed by atoms with Crippen molar-refractivity contribution in [1.82, 2.24) is 0 Å². The average Bonchev–Trinajstić information content (AvgIpc) is 2.76. The highest BCUT2D eigenvalue weighted by Gasteiger charge is 2.52. The minimum absolute atomic E-state index is 0.0639. The van der Waals surface area contributed by atoms with Gasteiger partial charge in [0.25, 0.3) is 6.43 Å². The molecular formula is C19H22F2N2O. The molecule has 0 radical (unpaired) electrons. The lowest BCUT2D eigenvalue weighted by atomic mass is 9.69. The van der Waals surface area contributed by atoms with Crippen LogP contribution in [0.5, 0.6) is 0 Å². The van der Waals surface area contributed by atoms with Crippen molar-refractivity contribution >= 4 is 12.1 Å². The third-order valence-electron chi connectivity index (χ3n) is 5.39. The summed E-state index contributed by atoms with van der Waals surface area (Å²) in [4.78, 5) is 16.3. The Morgan fingerprint density at radius 3 is 2.62 bits per heavy atom. The first-order valence-corrected chi connectivity index (χ1v) is 8.14. The summed E-state index contributed by atoms with van der Waals surface area (Å²) in [5.74, 6) is -0.619. The number of dihydropyridines is 1. The van der Waals surface area contributed by atoms with Crippen LogP contribution < -0.4 is 5.73 Å². The fourth-order valence-electron chi connectivity index (χ4n) is 4.45. The van der Waals surface area contributed by atoms with Crippen molar-refractivity contribution in [3.8, 4) is 0 Å². The van der Waals surface area contributed by atoms with E-state index in [1.54, 1.807) is 6.07 Å². The van der Waals surface area contributed by atoms with Crippen molar-refractivity contribution in [2.45, 2.75) is 56.4 Å². The number of aliphatic imine (C=N–C) groups is 1. The van der Waals surface area contributed by atoms with Crippen LogP contribution in [0.2, 0.25) is 0 Å². The Kier molecular flexibility index (Phi) is 3.85. The van der Waals surface area contributed by atoms with E-state index in [1.807, 2.05) is 12.1 Å². The predicted octanol–water partition coefficient (Wildman–Crippen LogP) is 3.47. The second kappa shape index (κ2) is 5.50. The predicted molar refractivity (Wildman–Crippen MR) is 90.8 cm³/mol. The number of benzene rings is 1. The highest BCUT2D eigenvalue weighted by atomic mass is 19.3. The molecule has 1 aromatic carbocycles. The number of rotatable bonds is 3. The molecule has 0 spiro atoms. The van der Waals surface area contributed by atoms with Gasteiger partial charge in [-0.05, 0) is 40.5 Å². The summed E-state index contributed by atoms with van der Waals surface area (Å²) in [7, 11) is 0. The Hall–Kier alpha value is -2.04. The summed E-state index contributed by atoms with van der Waals surface area (Å²) in [5.41, 5.74) is 6.64. The lowest BCUT2D eigenvalue weighted by molar-refractivity contribution is -0.124. The van der Waals surface area contributed by atoms with Crippen molar-refractivity contribution in [3.63, 3.8) is 0 Å². The molecule has 1 heterocycles. The number of nitrogens with zero attached hydrogens (tertiary/aromatic N) is 1. The molecule has 3 rings (SSSR count). The maximum atomic E-state index is 13.7. The minimum Gasteiger partial charge on any atom is -0.369 e. The highest BCUT2D eigenvalue weighted by molar-refractivity contribution is 5.94. The normalized spacial score (nSPS) is 30.6. The van der Waals surface area contributed by atoms with Gasteiger partial charge in [-0.1, -0.05) is 45.0 Å². The quantitative estimate of drug-likeness (QED) is 0.905. The molecule has 1 aliphatic heterocycles. The van der Waals surface area contributed by atoms with Gasteiger partial charge in [0, 0.05) is 6.21 Å². The molecular weight excluding hydrogens is 310 g/mol. The first-order valence-electron chi connectivity index (χ1n) is 8.14. The molecule has 2 N–H and O–H groups in total. The first-order chi connectivity index (χ1) is 11.2. The second-order valence-electron chi connectivity index (χ2n) is 7.43. The molecule has 0 bridgehead atoms. The summed E-state index contributed by atoms with van der Waals surface area (Å²) < 4.78 is 27.4. The molecule has 128 valence electrons. The molecule has 5 heteroatoms. The molecule has 24 heavy (non-hydrogen) atoms. The number of alkyl halides is 2. The summed E-state index contributed by atoms with van der Waals surface area (Å²) in [5, 5.41) is 0. The van der Waals surface area contributed by atoms with E-state index < -0.39 is 23.8 Å². The maximum absolute atomic E-state index is 13.7. The molecule has 1 aromatic rings. The number of fused-ring (bicyclic) bond motifs is 1. The number of halogens is 2. The largest absolute Gasteiger partial charge is 0.369 e. The molecule has 3 atom stereocenters. The standard InChI is InChI=1S/C19H22F2N2O/c1-11-10-18(2,3)12-6-4-7-13(14(11)12)19(17(22)24)8-5-9-23-15(19)16(20)21/h4-9,11,15-16H,10H2,1-3H3,(H2,22,24). The van der Waals surface area contributed by atoms with E-state index in [0.717, 1.165) is 17.5 Å². The number of amides is 1. The van der Waals surface area contributed by atoms with E-state index >= 15 is 0 Å². The van der Waals surface area contributed by atoms with Gasteiger partial charge in [-0.2, -0.15) is 0 Å². The van der Waals surface area contributed by atoms with Crippen molar-refractivity contribution in [2.75, 3.05) is 0 Å². The van der Waals surface area contributed by atoms with Crippen LogP contribution >= 0.6 is 0 Å². The minimum atomic E-state index is -2.78. The Morgan fingerprint density at radius 1 is 1.33 bits per heavy atom. The molecule has 3 unspecified atom stereocenters. The SMILES string of the molecule is CC1CC(C)(C)c2cccc(C3(C(N)=O)C=CC=NC3C(F)F)c21. The Morgan fingerprint density at radius 2 is 2.00 bits per heavy atom. The molecule has 0 saturated heterocycles. The summed E-state index contributed by atoms with van der Waals surface area (Å²) in [6, 6.07) is 4.10. The molecule has 3 nitrogen and oxygen atoms in total. The van der Waals surface area contributed by atoms with Gasteiger partial charge in [0.2, 0.25) is 5.91 Å². The number of carbonyl (C=O) groups excluding carboxylic acids is 1. The van der Waals surface area contributed by atoms with Gasteiger partial charge in [0.1, 0.15) is 11.5 Å². The molecule has 0 fully saturated rings. The maximum Gasteiger partial charge on any atom is 0.262 e. The summed E-state index contributed by atoms with van der Waals surface area (Å²) in [6.45, 7) is 6.34. The molecule has 0 aromatic heterocycles. The Labute approximate surface area is 140 Å². The highest BCUT2D eigenvalue weighted by Crippen LogP contribution is 2.50. The summed E-state index contributed by atoms with van der Waals surface area (Å²) >= 11 is 0. The van der Waals surface area contributed by atoms with Gasteiger partial charge in [-0.25, -0.2) is 8.78 Å². The third-order valence-corrected chi connectivity index (χ3v) is 5.39. The van der Waals surface area contributed by atoms with E-state index in [1.165, 1.54) is 18.4 Å². The van der Waals surface area contributed by atoms with Crippen LogP contribution in [-0.4, -0.2) is 24.6 Å². The lowest BCUT2D eigenvalue weighted by Crippen LogP contribution is -2.52.